The Morgan fingerprint density at radius 1 is 1.30 bits per heavy atom. The van der Waals surface area contributed by atoms with E-state index >= 15 is 0 Å². The van der Waals surface area contributed by atoms with Gasteiger partial charge in [0.15, 0.2) is 0 Å². The standard InChI is InChI=1S/C14H25N3O3/c1-15-13(18)5-8-17-10-11(20-2)9-12(17)14(19)16-6-3-4-7-16/h11-12H,3-10H2,1-2H3,(H,15,18)/t11-,12-/m0/s1. The lowest BCUT2D eigenvalue weighted by Gasteiger charge is -2.27. The van der Waals surface area contributed by atoms with Gasteiger partial charge in [-0.1, -0.05) is 0 Å². The van der Waals surface area contributed by atoms with Gasteiger partial charge in [-0.25, -0.2) is 0 Å². The van der Waals surface area contributed by atoms with Crippen LogP contribution in [0.4, 0.5) is 0 Å². The molecule has 2 aliphatic rings. The van der Waals surface area contributed by atoms with Gasteiger partial charge in [0.2, 0.25) is 11.8 Å². The molecule has 2 heterocycles. The van der Waals surface area contributed by atoms with E-state index in [9.17, 15) is 9.59 Å². The maximum Gasteiger partial charge on any atom is 0.240 e. The van der Waals surface area contributed by atoms with Gasteiger partial charge in [0.05, 0.1) is 12.1 Å². The van der Waals surface area contributed by atoms with E-state index < -0.39 is 0 Å². The molecule has 2 fully saturated rings. The van der Waals surface area contributed by atoms with Crippen molar-refractivity contribution in [3.8, 4) is 0 Å². The lowest BCUT2D eigenvalue weighted by atomic mass is 10.1. The van der Waals surface area contributed by atoms with Gasteiger partial charge in [-0.2, -0.15) is 0 Å². The second kappa shape index (κ2) is 7.04. The monoisotopic (exact) mass is 283 g/mol. The molecule has 2 aliphatic heterocycles. The summed E-state index contributed by atoms with van der Waals surface area (Å²) in [5.74, 6) is 0.220. The zero-order valence-corrected chi connectivity index (χ0v) is 12.4. The van der Waals surface area contributed by atoms with E-state index in [1.54, 1.807) is 14.2 Å². The van der Waals surface area contributed by atoms with Gasteiger partial charge >= 0.3 is 0 Å². The summed E-state index contributed by atoms with van der Waals surface area (Å²) in [7, 11) is 3.32. The van der Waals surface area contributed by atoms with E-state index in [1.807, 2.05) is 4.90 Å². The minimum atomic E-state index is -0.122. The fourth-order valence-corrected chi connectivity index (χ4v) is 3.05. The van der Waals surface area contributed by atoms with E-state index in [0.717, 1.165) is 38.9 Å². The summed E-state index contributed by atoms with van der Waals surface area (Å²) in [5.41, 5.74) is 0. The highest BCUT2D eigenvalue weighted by Gasteiger charge is 2.39. The number of likely N-dealkylation sites (tertiary alicyclic amines) is 2. The highest BCUT2D eigenvalue weighted by molar-refractivity contribution is 5.82. The fraction of sp³-hybridized carbons (Fsp3) is 0.857. The molecule has 2 amide bonds. The Morgan fingerprint density at radius 2 is 2.00 bits per heavy atom. The van der Waals surface area contributed by atoms with Gasteiger partial charge in [-0.3, -0.25) is 14.5 Å². The van der Waals surface area contributed by atoms with Gasteiger partial charge < -0.3 is 15.0 Å². The van der Waals surface area contributed by atoms with Crippen molar-refractivity contribution < 1.29 is 14.3 Å². The summed E-state index contributed by atoms with van der Waals surface area (Å²) in [6.45, 7) is 3.09. The summed E-state index contributed by atoms with van der Waals surface area (Å²) in [6, 6.07) is -0.122. The van der Waals surface area contributed by atoms with Crippen molar-refractivity contribution in [3.05, 3.63) is 0 Å². The number of carbonyl (C=O) groups excluding carboxylic acids is 2. The molecule has 0 bridgehead atoms. The van der Waals surface area contributed by atoms with Crippen molar-refractivity contribution in [2.45, 2.75) is 37.8 Å². The van der Waals surface area contributed by atoms with Gasteiger partial charge in [0, 0.05) is 46.8 Å². The molecule has 0 radical (unpaired) electrons. The molecule has 0 unspecified atom stereocenters. The van der Waals surface area contributed by atoms with Crippen LogP contribution in [0.25, 0.3) is 0 Å². The van der Waals surface area contributed by atoms with E-state index in [-0.39, 0.29) is 24.0 Å². The molecule has 0 aromatic heterocycles. The summed E-state index contributed by atoms with van der Waals surface area (Å²) in [5, 5.41) is 2.62. The third-order valence-electron chi connectivity index (χ3n) is 4.31. The third-order valence-corrected chi connectivity index (χ3v) is 4.31. The van der Waals surface area contributed by atoms with Crippen LogP contribution in [-0.4, -0.2) is 74.1 Å². The first-order chi connectivity index (χ1) is 9.65. The first-order valence-corrected chi connectivity index (χ1v) is 7.42. The van der Waals surface area contributed by atoms with Crippen molar-refractivity contribution in [3.63, 3.8) is 0 Å². The van der Waals surface area contributed by atoms with E-state index in [0.29, 0.717) is 13.0 Å². The van der Waals surface area contributed by atoms with Crippen LogP contribution in [0.3, 0.4) is 0 Å². The SMILES string of the molecule is CNC(=O)CCN1C[C@@H](OC)C[C@H]1C(=O)N1CCCC1. The van der Waals surface area contributed by atoms with Crippen LogP contribution < -0.4 is 5.32 Å². The van der Waals surface area contributed by atoms with Crippen LogP contribution in [0, 0.1) is 0 Å². The van der Waals surface area contributed by atoms with Crippen molar-refractivity contribution in [1.29, 1.82) is 0 Å². The predicted octanol–water partition coefficient (Wildman–Crippen LogP) is -0.166. The number of hydrogen-bond acceptors (Lipinski definition) is 4. The van der Waals surface area contributed by atoms with Crippen LogP contribution in [0.2, 0.25) is 0 Å². The fourth-order valence-electron chi connectivity index (χ4n) is 3.05. The van der Waals surface area contributed by atoms with Crippen LogP contribution in [0.15, 0.2) is 0 Å². The Hall–Kier alpha value is -1.14. The van der Waals surface area contributed by atoms with E-state index in [4.69, 9.17) is 4.74 Å². The summed E-state index contributed by atoms with van der Waals surface area (Å²) < 4.78 is 5.40. The highest BCUT2D eigenvalue weighted by Crippen LogP contribution is 2.23. The molecule has 0 aromatic rings. The normalized spacial score (nSPS) is 27.0. The molecule has 6 nitrogen and oxygen atoms in total. The van der Waals surface area contributed by atoms with Gasteiger partial charge in [-0.15, -0.1) is 0 Å². The Morgan fingerprint density at radius 3 is 2.60 bits per heavy atom. The summed E-state index contributed by atoms with van der Waals surface area (Å²) >= 11 is 0. The number of ether oxygens (including phenoxy) is 1. The molecule has 0 spiro atoms. The largest absolute Gasteiger partial charge is 0.380 e. The lowest BCUT2D eigenvalue weighted by molar-refractivity contribution is -0.135. The summed E-state index contributed by atoms with van der Waals surface area (Å²) in [6.07, 6.45) is 3.46. The van der Waals surface area contributed by atoms with Crippen molar-refractivity contribution in [1.82, 2.24) is 15.1 Å². The molecule has 2 rings (SSSR count). The molecule has 114 valence electrons. The first-order valence-electron chi connectivity index (χ1n) is 7.42. The van der Waals surface area contributed by atoms with Crippen LogP contribution in [0.1, 0.15) is 25.7 Å². The van der Waals surface area contributed by atoms with Gasteiger partial charge in [-0.05, 0) is 19.3 Å². The smallest absolute Gasteiger partial charge is 0.240 e. The molecule has 2 saturated heterocycles. The quantitative estimate of drug-likeness (QED) is 0.761. The Kier molecular flexibility index (Phi) is 5.37. The van der Waals surface area contributed by atoms with Crippen molar-refractivity contribution in [2.24, 2.45) is 0 Å². The van der Waals surface area contributed by atoms with Gasteiger partial charge in [0.25, 0.3) is 0 Å². The molecular formula is C14H25N3O3. The van der Waals surface area contributed by atoms with Gasteiger partial charge in [0.1, 0.15) is 0 Å². The van der Waals surface area contributed by atoms with Crippen LogP contribution in [-0.2, 0) is 14.3 Å². The van der Waals surface area contributed by atoms with Crippen LogP contribution >= 0.6 is 0 Å². The number of nitrogens with one attached hydrogen (secondary N) is 1. The van der Waals surface area contributed by atoms with E-state index in [1.165, 1.54) is 0 Å². The number of hydrogen-bond donors (Lipinski definition) is 1. The molecule has 0 saturated carbocycles. The molecule has 6 heteroatoms. The Balaban J connectivity index is 1.95. The minimum absolute atomic E-state index is 0.0123. The number of amides is 2. The molecule has 1 N–H and O–H groups in total. The average Bonchev–Trinajstić information content (AvgIpc) is 3.12. The molecular weight excluding hydrogens is 258 g/mol. The Bertz CT molecular complexity index is 356. The Labute approximate surface area is 120 Å². The lowest BCUT2D eigenvalue weighted by Crippen LogP contribution is -2.45. The zero-order valence-electron chi connectivity index (χ0n) is 12.4. The second-order valence-corrected chi connectivity index (χ2v) is 5.56. The number of nitrogens with zero attached hydrogens (tertiary/aromatic N) is 2. The van der Waals surface area contributed by atoms with Crippen LogP contribution in [0.5, 0.6) is 0 Å². The minimum Gasteiger partial charge on any atom is -0.380 e. The zero-order chi connectivity index (χ0) is 14.5. The van der Waals surface area contributed by atoms with Crippen molar-refractivity contribution in [2.75, 3.05) is 40.3 Å². The second-order valence-electron chi connectivity index (χ2n) is 5.56. The molecule has 0 aliphatic carbocycles. The average molecular weight is 283 g/mol. The van der Waals surface area contributed by atoms with E-state index in [2.05, 4.69) is 10.2 Å². The number of methoxy groups -OCH3 is 1. The molecule has 0 aromatic carbocycles. The van der Waals surface area contributed by atoms with Crippen molar-refractivity contribution >= 4 is 11.8 Å². The topological polar surface area (TPSA) is 61.9 Å². The maximum absolute atomic E-state index is 12.6. The number of carbonyl (C=O) groups is 2. The molecule has 2 atom stereocenters. The number of rotatable bonds is 5. The predicted molar refractivity (Wildman–Crippen MR) is 75.3 cm³/mol. The molecule has 20 heavy (non-hydrogen) atoms. The third kappa shape index (κ3) is 3.49. The summed E-state index contributed by atoms with van der Waals surface area (Å²) in [4.78, 5) is 28.0. The first kappa shape index (κ1) is 15.3. The highest BCUT2D eigenvalue weighted by atomic mass is 16.5. The maximum atomic E-state index is 12.6.